The second-order valence-corrected chi connectivity index (χ2v) is 6.98. The van der Waals surface area contributed by atoms with E-state index >= 15 is 0 Å². The number of thiophene rings is 1. The zero-order chi connectivity index (χ0) is 14.0. The second kappa shape index (κ2) is 5.66. The molecule has 0 bridgehead atoms. The molecule has 3 rings (SSSR count). The van der Waals surface area contributed by atoms with Crippen molar-refractivity contribution in [3.05, 3.63) is 50.9 Å². The van der Waals surface area contributed by atoms with E-state index in [2.05, 4.69) is 37.7 Å². The number of amides is 1. The summed E-state index contributed by atoms with van der Waals surface area (Å²) in [6.07, 6.45) is 7.64. The third-order valence-corrected chi connectivity index (χ3v) is 5.28. The van der Waals surface area contributed by atoms with Crippen molar-refractivity contribution in [1.82, 2.24) is 10.3 Å². The van der Waals surface area contributed by atoms with Crippen molar-refractivity contribution in [2.45, 2.75) is 31.2 Å². The highest BCUT2D eigenvalue weighted by molar-refractivity contribution is 9.10. The van der Waals surface area contributed by atoms with Gasteiger partial charge in [0.2, 0.25) is 0 Å². The Morgan fingerprint density at radius 3 is 2.80 bits per heavy atom. The molecule has 104 valence electrons. The molecule has 2 aromatic heterocycles. The fraction of sp³-hybridized carbons (Fsp3) is 0.333. The quantitative estimate of drug-likeness (QED) is 0.904. The molecule has 1 fully saturated rings. The minimum absolute atomic E-state index is 0.0471. The van der Waals surface area contributed by atoms with Crippen LogP contribution in [0.15, 0.2) is 40.4 Å². The lowest BCUT2D eigenvalue weighted by atomic mass is 9.95. The van der Waals surface area contributed by atoms with E-state index < -0.39 is 0 Å². The summed E-state index contributed by atoms with van der Waals surface area (Å²) >= 11 is 5.07. The Kier molecular flexibility index (Phi) is 3.89. The minimum atomic E-state index is -0.187. The zero-order valence-electron chi connectivity index (χ0n) is 10.9. The van der Waals surface area contributed by atoms with Crippen LogP contribution in [-0.4, -0.2) is 10.9 Å². The monoisotopic (exact) mass is 350 g/mol. The number of nitrogens with zero attached hydrogens (tertiary/aromatic N) is 1. The van der Waals surface area contributed by atoms with E-state index in [9.17, 15) is 4.79 Å². The van der Waals surface area contributed by atoms with Crippen molar-refractivity contribution >= 4 is 33.2 Å². The molecule has 1 N–H and O–H groups in total. The van der Waals surface area contributed by atoms with E-state index in [1.54, 1.807) is 29.8 Å². The molecule has 1 amide bonds. The molecular formula is C15H15BrN2OS. The summed E-state index contributed by atoms with van der Waals surface area (Å²) in [6.45, 7) is 0. The third kappa shape index (κ3) is 2.65. The number of halogens is 1. The maximum Gasteiger partial charge on any atom is 0.253 e. The van der Waals surface area contributed by atoms with Crippen molar-refractivity contribution in [3.63, 3.8) is 0 Å². The largest absolute Gasteiger partial charge is 0.342 e. The molecule has 0 aromatic carbocycles. The van der Waals surface area contributed by atoms with E-state index in [1.165, 1.54) is 4.88 Å². The highest BCUT2D eigenvalue weighted by atomic mass is 79.9. The summed E-state index contributed by atoms with van der Waals surface area (Å²) in [7, 11) is 0. The number of rotatable bonds is 3. The second-order valence-electron chi connectivity index (χ2n) is 5.11. The Morgan fingerprint density at radius 1 is 1.35 bits per heavy atom. The Labute approximate surface area is 130 Å². The Hall–Kier alpha value is -1.20. The summed E-state index contributed by atoms with van der Waals surface area (Å²) in [5.74, 6) is -0.0471. The molecule has 3 nitrogen and oxygen atoms in total. The smallest absolute Gasteiger partial charge is 0.253 e. The molecule has 0 atom stereocenters. The van der Waals surface area contributed by atoms with Gasteiger partial charge in [-0.2, -0.15) is 0 Å². The molecule has 1 aliphatic rings. The predicted molar refractivity (Wildman–Crippen MR) is 83.9 cm³/mol. The van der Waals surface area contributed by atoms with Crippen molar-refractivity contribution in [2.75, 3.05) is 0 Å². The molecule has 0 spiro atoms. The lowest BCUT2D eigenvalue weighted by Gasteiger charge is -2.29. The highest BCUT2D eigenvalue weighted by Gasteiger charge is 2.38. The molecule has 1 saturated carbocycles. The Bertz CT molecular complexity index is 606. The molecule has 2 heterocycles. The average molecular weight is 351 g/mol. The first kappa shape index (κ1) is 13.8. The molecule has 1 aliphatic carbocycles. The van der Waals surface area contributed by atoms with E-state index in [0.29, 0.717) is 5.56 Å². The Balaban J connectivity index is 1.86. The average Bonchev–Trinajstić information content (AvgIpc) is 3.10. The molecule has 2 aromatic rings. The first-order valence-corrected chi connectivity index (χ1v) is 8.34. The molecule has 5 heteroatoms. The van der Waals surface area contributed by atoms with Gasteiger partial charge in [0, 0.05) is 21.7 Å². The normalized spacial score (nSPS) is 17.1. The maximum atomic E-state index is 12.5. The van der Waals surface area contributed by atoms with Crippen LogP contribution in [0.4, 0.5) is 0 Å². The van der Waals surface area contributed by atoms with Gasteiger partial charge in [-0.3, -0.25) is 9.78 Å². The van der Waals surface area contributed by atoms with Crippen LogP contribution in [0.5, 0.6) is 0 Å². The van der Waals surface area contributed by atoms with Crippen molar-refractivity contribution in [1.29, 1.82) is 0 Å². The lowest BCUT2D eigenvalue weighted by molar-refractivity contribution is 0.0899. The number of carbonyl (C=O) groups excluding carboxylic acids is 1. The zero-order valence-corrected chi connectivity index (χ0v) is 13.3. The molecule has 20 heavy (non-hydrogen) atoms. The van der Waals surface area contributed by atoms with Gasteiger partial charge in [0.1, 0.15) is 0 Å². The van der Waals surface area contributed by atoms with Crippen LogP contribution in [0.2, 0.25) is 0 Å². The fourth-order valence-corrected chi connectivity index (χ4v) is 4.09. The summed E-state index contributed by atoms with van der Waals surface area (Å²) < 4.78 is 0.821. The van der Waals surface area contributed by atoms with Crippen LogP contribution in [-0.2, 0) is 5.54 Å². The first-order valence-electron chi connectivity index (χ1n) is 6.67. The summed E-state index contributed by atoms with van der Waals surface area (Å²) in [5, 5.41) is 5.32. The van der Waals surface area contributed by atoms with E-state index in [-0.39, 0.29) is 11.4 Å². The maximum absolute atomic E-state index is 12.5. The minimum Gasteiger partial charge on any atom is -0.342 e. The van der Waals surface area contributed by atoms with Gasteiger partial charge in [-0.05, 0) is 46.3 Å². The summed E-state index contributed by atoms with van der Waals surface area (Å²) in [5.41, 5.74) is 0.412. The van der Waals surface area contributed by atoms with Gasteiger partial charge in [0.15, 0.2) is 0 Å². The van der Waals surface area contributed by atoms with Gasteiger partial charge < -0.3 is 5.32 Å². The van der Waals surface area contributed by atoms with Gasteiger partial charge in [-0.15, -0.1) is 11.3 Å². The van der Waals surface area contributed by atoms with Crippen LogP contribution >= 0.6 is 27.3 Å². The number of pyridine rings is 1. The van der Waals surface area contributed by atoms with Crippen LogP contribution in [0, 0.1) is 0 Å². The third-order valence-electron chi connectivity index (χ3n) is 3.77. The number of hydrogen-bond donors (Lipinski definition) is 1. The SMILES string of the molecule is O=C(NC1(c2cccs2)CCCC1)c1cncc(Br)c1. The summed E-state index contributed by atoms with van der Waals surface area (Å²) in [6, 6.07) is 5.97. The van der Waals surface area contributed by atoms with Crippen molar-refractivity contribution in [3.8, 4) is 0 Å². The molecule has 0 unspecified atom stereocenters. The molecule has 0 saturated heterocycles. The van der Waals surface area contributed by atoms with E-state index in [1.807, 2.05) is 6.07 Å². The predicted octanol–water partition coefficient (Wildman–Crippen LogP) is 4.10. The van der Waals surface area contributed by atoms with Gasteiger partial charge >= 0.3 is 0 Å². The highest BCUT2D eigenvalue weighted by Crippen LogP contribution is 2.41. The number of nitrogens with one attached hydrogen (secondary N) is 1. The van der Waals surface area contributed by atoms with Gasteiger partial charge in [-0.1, -0.05) is 18.9 Å². The first-order chi connectivity index (χ1) is 9.70. The summed E-state index contributed by atoms with van der Waals surface area (Å²) in [4.78, 5) is 17.8. The van der Waals surface area contributed by atoms with Crippen LogP contribution in [0.3, 0.4) is 0 Å². The van der Waals surface area contributed by atoms with Crippen molar-refractivity contribution < 1.29 is 4.79 Å². The lowest BCUT2D eigenvalue weighted by Crippen LogP contribution is -2.43. The molecular weight excluding hydrogens is 336 g/mol. The van der Waals surface area contributed by atoms with Gasteiger partial charge in [0.25, 0.3) is 5.91 Å². The topological polar surface area (TPSA) is 42.0 Å². The number of carbonyl (C=O) groups is 1. The standard InChI is InChI=1S/C15H15BrN2OS/c16-12-8-11(9-17-10-12)14(19)18-15(5-1-2-6-15)13-4-3-7-20-13/h3-4,7-10H,1-2,5-6H2,(H,18,19). The van der Waals surface area contributed by atoms with Gasteiger partial charge in [0.05, 0.1) is 11.1 Å². The van der Waals surface area contributed by atoms with E-state index in [4.69, 9.17) is 0 Å². The van der Waals surface area contributed by atoms with Crippen LogP contribution in [0.25, 0.3) is 0 Å². The van der Waals surface area contributed by atoms with Crippen LogP contribution in [0.1, 0.15) is 40.9 Å². The number of hydrogen-bond acceptors (Lipinski definition) is 3. The fourth-order valence-electron chi connectivity index (χ4n) is 2.79. The molecule has 0 radical (unpaired) electrons. The van der Waals surface area contributed by atoms with E-state index in [0.717, 1.165) is 30.2 Å². The molecule has 0 aliphatic heterocycles. The number of aromatic nitrogens is 1. The van der Waals surface area contributed by atoms with Crippen LogP contribution < -0.4 is 5.32 Å². The van der Waals surface area contributed by atoms with Gasteiger partial charge in [-0.25, -0.2) is 0 Å². The Morgan fingerprint density at radius 2 is 2.15 bits per heavy atom. The van der Waals surface area contributed by atoms with Crippen molar-refractivity contribution in [2.24, 2.45) is 0 Å².